The minimum atomic E-state index is -3.34. The van der Waals surface area contributed by atoms with E-state index in [0.29, 0.717) is 4.90 Å². The highest BCUT2D eigenvalue weighted by atomic mass is 32.2. The van der Waals surface area contributed by atoms with E-state index in [4.69, 9.17) is 0 Å². The van der Waals surface area contributed by atoms with Gasteiger partial charge in [0, 0.05) is 22.8 Å². The highest BCUT2D eigenvalue weighted by Gasteiger charge is 2.15. The fraction of sp³-hybridized carbons (Fsp3) is 0.300. The maximum Gasteiger partial charge on any atom is 0.269 e. The fourth-order valence-corrected chi connectivity index (χ4v) is 2.95. The summed E-state index contributed by atoms with van der Waals surface area (Å²) in [6.45, 7) is 1.47. The number of nitro groups is 1. The SMILES string of the molecule is CCS(=O)(=O)CC(=O)Sc1ccc([N+](=O)[O-])cc1. The highest BCUT2D eigenvalue weighted by molar-refractivity contribution is 8.15. The number of hydrogen-bond donors (Lipinski definition) is 0. The Kier molecular flexibility index (Phi) is 4.85. The van der Waals surface area contributed by atoms with Gasteiger partial charge in [0.2, 0.25) is 5.12 Å². The lowest BCUT2D eigenvalue weighted by atomic mass is 10.3. The molecular weight excluding hydrogens is 278 g/mol. The largest absolute Gasteiger partial charge is 0.286 e. The Morgan fingerprint density at radius 2 is 1.89 bits per heavy atom. The average molecular weight is 289 g/mol. The van der Waals surface area contributed by atoms with Gasteiger partial charge in [-0.2, -0.15) is 0 Å². The normalized spacial score (nSPS) is 11.2. The molecule has 0 amide bonds. The quantitative estimate of drug-likeness (QED) is 0.464. The van der Waals surface area contributed by atoms with Crippen molar-refractivity contribution in [1.29, 1.82) is 0 Å². The molecule has 0 bridgehead atoms. The molecule has 0 unspecified atom stereocenters. The lowest BCUT2D eigenvalue weighted by Crippen LogP contribution is -2.14. The minimum Gasteiger partial charge on any atom is -0.286 e. The minimum absolute atomic E-state index is 0.0759. The van der Waals surface area contributed by atoms with Gasteiger partial charge in [0.05, 0.1) is 4.92 Å². The molecule has 0 aromatic heterocycles. The zero-order valence-corrected chi connectivity index (χ0v) is 11.2. The van der Waals surface area contributed by atoms with Crippen molar-refractivity contribution in [1.82, 2.24) is 0 Å². The summed E-state index contributed by atoms with van der Waals surface area (Å²) >= 11 is 0.766. The van der Waals surface area contributed by atoms with E-state index in [-0.39, 0.29) is 11.4 Å². The molecular formula is C10H11NO5S2. The molecule has 18 heavy (non-hydrogen) atoms. The molecule has 6 nitrogen and oxygen atoms in total. The molecule has 1 aromatic rings. The van der Waals surface area contributed by atoms with Crippen molar-refractivity contribution in [2.24, 2.45) is 0 Å². The van der Waals surface area contributed by atoms with E-state index in [1.54, 1.807) is 0 Å². The Labute approximate surface area is 108 Å². The molecule has 0 fully saturated rings. The van der Waals surface area contributed by atoms with Crippen molar-refractivity contribution in [2.45, 2.75) is 11.8 Å². The first-order valence-corrected chi connectivity index (χ1v) is 7.63. The fourth-order valence-electron chi connectivity index (χ4n) is 1.08. The van der Waals surface area contributed by atoms with Crippen molar-refractivity contribution in [3.63, 3.8) is 0 Å². The van der Waals surface area contributed by atoms with Gasteiger partial charge in [-0.3, -0.25) is 14.9 Å². The first kappa shape index (κ1) is 14.7. The van der Waals surface area contributed by atoms with Crippen molar-refractivity contribution >= 4 is 32.4 Å². The van der Waals surface area contributed by atoms with E-state index in [1.165, 1.54) is 31.2 Å². The zero-order valence-electron chi connectivity index (χ0n) is 9.53. The zero-order chi connectivity index (χ0) is 13.8. The number of non-ortho nitro benzene ring substituents is 1. The van der Waals surface area contributed by atoms with Crippen LogP contribution in [0.25, 0.3) is 0 Å². The molecule has 1 aromatic carbocycles. The van der Waals surface area contributed by atoms with Crippen molar-refractivity contribution in [2.75, 3.05) is 11.5 Å². The van der Waals surface area contributed by atoms with Gasteiger partial charge in [-0.1, -0.05) is 18.7 Å². The van der Waals surface area contributed by atoms with Crippen LogP contribution >= 0.6 is 11.8 Å². The molecule has 0 N–H and O–H groups in total. The highest BCUT2D eigenvalue weighted by Crippen LogP contribution is 2.22. The van der Waals surface area contributed by atoms with Crippen LogP contribution < -0.4 is 0 Å². The number of hydrogen-bond acceptors (Lipinski definition) is 6. The third kappa shape index (κ3) is 4.46. The topological polar surface area (TPSA) is 94.3 Å². The molecule has 8 heteroatoms. The molecule has 0 saturated heterocycles. The third-order valence-electron chi connectivity index (χ3n) is 2.06. The molecule has 0 radical (unpaired) electrons. The Morgan fingerprint density at radius 3 is 2.33 bits per heavy atom. The Morgan fingerprint density at radius 1 is 1.33 bits per heavy atom. The summed E-state index contributed by atoms with van der Waals surface area (Å²) < 4.78 is 22.4. The van der Waals surface area contributed by atoms with Crippen LogP contribution in [0, 0.1) is 10.1 Å². The van der Waals surface area contributed by atoms with Gasteiger partial charge in [0.15, 0.2) is 9.84 Å². The van der Waals surface area contributed by atoms with E-state index in [2.05, 4.69) is 0 Å². The molecule has 0 aliphatic carbocycles. The van der Waals surface area contributed by atoms with E-state index in [0.717, 1.165) is 11.8 Å². The van der Waals surface area contributed by atoms with Gasteiger partial charge < -0.3 is 0 Å². The number of sulfone groups is 1. The summed E-state index contributed by atoms with van der Waals surface area (Å²) in [5, 5.41) is 9.92. The number of nitrogens with zero attached hydrogens (tertiary/aromatic N) is 1. The van der Waals surface area contributed by atoms with Crippen LogP contribution in [-0.2, 0) is 14.6 Å². The van der Waals surface area contributed by atoms with Crippen LogP contribution in [-0.4, -0.2) is 30.0 Å². The molecule has 0 aliphatic rings. The van der Waals surface area contributed by atoms with Gasteiger partial charge in [-0.25, -0.2) is 8.42 Å². The number of rotatable bonds is 5. The first-order chi connectivity index (χ1) is 8.34. The van der Waals surface area contributed by atoms with Crippen LogP contribution in [0.5, 0.6) is 0 Å². The Balaban J connectivity index is 2.68. The second-order valence-electron chi connectivity index (χ2n) is 3.40. The molecule has 0 saturated carbocycles. The Bertz CT molecular complexity index is 550. The van der Waals surface area contributed by atoms with Crippen LogP contribution in [0.1, 0.15) is 6.92 Å². The maximum atomic E-state index is 11.5. The van der Waals surface area contributed by atoms with Crippen molar-refractivity contribution < 1.29 is 18.1 Å². The van der Waals surface area contributed by atoms with Crippen molar-refractivity contribution in [3.8, 4) is 0 Å². The van der Waals surface area contributed by atoms with Crippen LogP contribution in [0.4, 0.5) is 5.69 Å². The number of nitro benzene ring substituents is 1. The number of carbonyl (C=O) groups excluding carboxylic acids is 1. The van der Waals surface area contributed by atoms with Crippen molar-refractivity contribution in [3.05, 3.63) is 34.4 Å². The summed E-state index contributed by atoms with van der Waals surface area (Å²) in [7, 11) is -3.34. The van der Waals surface area contributed by atoms with Crippen LogP contribution in [0.15, 0.2) is 29.2 Å². The lowest BCUT2D eigenvalue weighted by molar-refractivity contribution is -0.384. The smallest absolute Gasteiger partial charge is 0.269 e. The second-order valence-corrected chi connectivity index (χ2v) is 6.89. The Hall–Kier alpha value is -1.41. The molecule has 0 spiro atoms. The van der Waals surface area contributed by atoms with Crippen LogP contribution in [0.3, 0.4) is 0 Å². The standard InChI is InChI=1S/C10H11NO5S2/c1-2-18(15,16)7-10(12)17-9-5-3-8(4-6-9)11(13)14/h3-6H,2,7H2,1H3. The van der Waals surface area contributed by atoms with E-state index >= 15 is 0 Å². The number of benzene rings is 1. The van der Waals surface area contributed by atoms with Gasteiger partial charge in [-0.15, -0.1) is 0 Å². The number of thioether (sulfide) groups is 1. The second kappa shape index (κ2) is 5.96. The van der Waals surface area contributed by atoms with Gasteiger partial charge in [0.25, 0.3) is 5.69 Å². The van der Waals surface area contributed by atoms with E-state index in [9.17, 15) is 23.3 Å². The monoisotopic (exact) mass is 289 g/mol. The van der Waals surface area contributed by atoms with Gasteiger partial charge in [-0.05, 0) is 12.1 Å². The first-order valence-electron chi connectivity index (χ1n) is 4.99. The van der Waals surface area contributed by atoms with Crippen LogP contribution in [0.2, 0.25) is 0 Å². The van der Waals surface area contributed by atoms with E-state index in [1.807, 2.05) is 0 Å². The third-order valence-corrected chi connectivity index (χ3v) is 4.70. The summed E-state index contributed by atoms with van der Waals surface area (Å²) in [6, 6.07) is 5.37. The predicted octanol–water partition coefficient (Wildman–Crippen LogP) is 1.65. The van der Waals surface area contributed by atoms with Gasteiger partial charge in [0.1, 0.15) is 5.75 Å². The van der Waals surface area contributed by atoms with E-state index < -0.39 is 25.6 Å². The van der Waals surface area contributed by atoms with Gasteiger partial charge >= 0.3 is 0 Å². The summed E-state index contributed by atoms with van der Waals surface area (Å²) in [4.78, 5) is 21.8. The molecule has 0 aliphatic heterocycles. The molecule has 0 atom stereocenters. The average Bonchev–Trinajstić information content (AvgIpc) is 2.29. The lowest BCUT2D eigenvalue weighted by Gasteiger charge is -2.01. The summed E-state index contributed by atoms with van der Waals surface area (Å²) in [6.07, 6.45) is 0. The molecule has 98 valence electrons. The predicted molar refractivity (Wildman–Crippen MR) is 68.3 cm³/mol. The molecule has 0 heterocycles. The number of carbonyl (C=O) groups is 1. The summed E-state index contributed by atoms with van der Waals surface area (Å²) in [5.41, 5.74) is -0.0759. The maximum absolute atomic E-state index is 11.5. The molecule has 1 rings (SSSR count). The summed E-state index contributed by atoms with van der Waals surface area (Å²) in [5.74, 6) is -0.606.